The highest BCUT2D eigenvalue weighted by atomic mass is 32.2. The van der Waals surface area contributed by atoms with Crippen molar-refractivity contribution in [3.05, 3.63) is 18.2 Å². The van der Waals surface area contributed by atoms with E-state index in [1.54, 1.807) is 12.1 Å². The summed E-state index contributed by atoms with van der Waals surface area (Å²) in [4.78, 5) is 5.07. The molecule has 0 atom stereocenters. The molecule has 1 saturated heterocycles. The molecule has 5 nitrogen and oxygen atoms in total. The van der Waals surface area contributed by atoms with Crippen LogP contribution in [-0.4, -0.2) is 52.3 Å². The van der Waals surface area contributed by atoms with Crippen molar-refractivity contribution < 1.29 is 8.42 Å². The number of sulfone groups is 1. The van der Waals surface area contributed by atoms with Crippen molar-refractivity contribution in [2.24, 2.45) is 5.92 Å². The fraction of sp³-hybridized carbons (Fsp3) is 0.600. The molecular weight excluding hydrogens is 286 g/mol. The Balaban J connectivity index is 1.67. The van der Waals surface area contributed by atoms with E-state index in [2.05, 4.69) is 9.80 Å². The molecular formula is C15H23N3O2S. The zero-order valence-corrected chi connectivity index (χ0v) is 13.3. The number of piperazine rings is 1. The van der Waals surface area contributed by atoms with E-state index >= 15 is 0 Å². The zero-order valence-electron chi connectivity index (χ0n) is 12.5. The van der Waals surface area contributed by atoms with Gasteiger partial charge in [0.25, 0.3) is 0 Å². The van der Waals surface area contributed by atoms with Gasteiger partial charge in [0.1, 0.15) is 0 Å². The fourth-order valence-electron chi connectivity index (χ4n) is 2.89. The van der Waals surface area contributed by atoms with Crippen LogP contribution < -0.4 is 10.6 Å². The largest absolute Gasteiger partial charge is 0.397 e. The number of hydrogen-bond acceptors (Lipinski definition) is 5. The van der Waals surface area contributed by atoms with Gasteiger partial charge in [-0.15, -0.1) is 0 Å². The average Bonchev–Trinajstić information content (AvgIpc) is 3.23. The van der Waals surface area contributed by atoms with Gasteiger partial charge < -0.3 is 10.6 Å². The lowest BCUT2D eigenvalue weighted by molar-refractivity contribution is 0.248. The molecule has 0 spiro atoms. The highest BCUT2D eigenvalue weighted by Gasteiger charge is 2.26. The Hall–Kier alpha value is -1.27. The molecule has 0 amide bonds. The monoisotopic (exact) mass is 309 g/mol. The molecule has 1 aromatic rings. The third-order valence-electron chi connectivity index (χ3n) is 4.35. The summed E-state index contributed by atoms with van der Waals surface area (Å²) in [5.74, 6) is 0.927. The van der Waals surface area contributed by atoms with Crippen LogP contribution in [0.5, 0.6) is 0 Å². The zero-order chi connectivity index (χ0) is 15.0. The summed E-state index contributed by atoms with van der Waals surface area (Å²) in [6.07, 6.45) is 3.98. The normalized spacial score (nSPS) is 20.7. The van der Waals surface area contributed by atoms with Crippen molar-refractivity contribution >= 4 is 21.2 Å². The number of hydrogen-bond donors (Lipinski definition) is 1. The lowest BCUT2D eigenvalue weighted by Gasteiger charge is -2.36. The van der Waals surface area contributed by atoms with E-state index < -0.39 is 9.84 Å². The van der Waals surface area contributed by atoms with E-state index in [4.69, 9.17) is 5.73 Å². The summed E-state index contributed by atoms with van der Waals surface area (Å²) in [5.41, 5.74) is 7.56. The molecule has 1 aliphatic carbocycles. The predicted molar refractivity (Wildman–Crippen MR) is 85.3 cm³/mol. The van der Waals surface area contributed by atoms with E-state index in [0.29, 0.717) is 5.69 Å². The van der Waals surface area contributed by atoms with Gasteiger partial charge in [-0.3, -0.25) is 4.90 Å². The Labute approximate surface area is 126 Å². The molecule has 1 saturated carbocycles. The molecule has 0 aromatic heterocycles. The molecule has 6 heteroatoms. The van der Waals surface area contributed by atoms with E-state index in [1.807, 2.05) is 6.07 Å². The minimum Gasteiger partial charge on any atom is -0.397 e. The smallest absolute Gasteiger partial charge is 0.175 e. The lowest BCUT2D eigenvalue weighted by Crippen LogP contribution is -2.47. The molecule has 0 radical (unpaired) electrons. The first-order chi connectivity index (χ1) is 9.93. The van der Waals surface area contributed by atoms with Gasteiger partial charge in [0.15, 0.2) is 9.84 Å². The van der Waals surface area contributed by atoms with Crippen LogP contribution >= 0.6 is 0 Å². The van der Waals surface area contributed by atoms with Crippen LogP contribution in [0, 0.1) is 5.92 Å². The van der Waals surface area contributed by atoms with E-state index in [0.717, 1.165) is 37.8 Å². The quantitative estimate of drug-likeness (QED) is 0.847. The number of nitrogens with two attached hydrogens (primary N) is 1. The molecule has 1 aromatic carbocycles. The topological polar surface area (TPSA) is 66.6 Å². The van der Waals surface area contributed by atoms with Gasteiger partial charge in [-0.25, -0.2) is 8.42 Å². The second-order valence-corrected chi connectivity index (χ2v) is 8.24. The Bertz CT molecular complexity index is 618. The van der Waals surface area contributed by atoms with Crippen LogP contribution in [-0.2, 0) is 9.84 Å². The van der Waals surface area contributed by atoms with E-state index in [-0.39, 0.29) is 4.90 Å². The highest BCUT2D eigenvalue weighted by molar-refractivity contribution is 7.90. The van der Waals surface area contributed by atoms with E-state index in [9.17, 15) is 8.42 Å². The Morgan fingerprint density at radius 2 is 1.86 bits per heavy atom. The van der Waals surface area contributed by atoms with Gasteiger partial charge in [0, 0.05) is 39.0 Å². The van der Waals surface area contributed by atoms with Gasteiger partial charge in [0.2, 0.25) is 0 Å². The Morgan fingerprint density at radius 3 is 2.38 bits per heavy atom. The minimum atomic E-state index is -3.19. The maximum Gasteiger partial charge on any atom is 0.175 e. The Kier molecular flexibility index (Phi) is 3.84. The third kappa shape index (κ3) is 3.49. The summed E-state index contributed by atoms with van der Waals surface area (Å²) in [7, 11) is -3.19. The number of benzene rings is 1. The van der Waals surface area contributed by atoms with Gasteiger partial charge in [-0.2, -0.15) is 0 Å². The van der Waals surface area contributed by atoms with Crippen molar-refractivity contribution in [3.8, 4) is 0 Å². The second kappa shape index (κ2) is 5.50. The average molecular weight is 309 g/mol. The molecule has 3 rings (SSSR count). The van der Waals surface area contributed by atoms with Crippen LogP contribution in [0.25, 0.3) is 0 Å². The molecule has 2 N–H and O–H groups in total. The first-order valence-electron chi connectivity index (χ1n) is 7.50. The standard InChI is InChI=1S/C15H23N3O2S/c1-21(19,20)13-4-5-15(14(16)10-13)18-8-6-17(7-9-18)11-12-2-3-12/h4-5,10,12H,2-3,6-9,11,16H2,1H3. The maximum atomic E-state index is 11.5. The van der Waals surface area contributed by atoms with Gasteiger partial charge in [-0.05, 0) is 37.0 Å². The fourth-order valence-corrected chi connectivity index (χ4v) is 3.54. The van der Waals surface area contributed by atoms with Crippen LogP contribution in [0.15, 0.2) is 23.1 Å². The van der Waals surface area contributed by atoms with Crippen molar-refractivity contribution in [2.45, 2.75) is 17.7 Å². The van der Waals surface area contributed by atoms with Crippen LogP contribution in [0.1, 0.15) is 12.8 Å². The molecule has 2 aliphatic rings. The summed E-state index contributed by atoms with van der Waals surface area (Å²) in [6, 6.07) is 5.06. The molecule has 116 valence electrons. The summed E-state index contributed by atoms with van der Waals surface area (Å²) in [5, 5.41) is 0. The van der Waals surface area contributed by atoms with Gasteiger partial charge in [-0.1, -0.05) is 0 Å². The molecule has 0 bridgehead atoms. The molecule has 1 aliphatic heterocycles. The molecule has 1 heterocycles. The predicted octanol–water partition coefficient (Wildman–Crippen LogP) is 1.20. The lowest BCUT2D eigenvalue weighted by atomic mass is 10.2. The number of rotatable bonds is 4. The van der Waals surface area contributed by atoms with Crippen molar-refractivity contribution in [1.29, 1.82) is 0 Å². The summed E-state index contributed by atoms with van der Waals surface area (Å²) >= 11 is 0. The van der Waals surface area contributed by atoms with Crippen LogP contribution in [0.3, 0.4) is 0 Å². The van der Waals surface area contributed by atoms with Crippen LogP contribution in [0.2, 0.25) is 0 Å². The van der Waals surface area contributed by atoms with Gasteiger partial charge in [0.05, 0.1) is 16.3 Å². The second-order valence-electron chi connectivity index (χ2n) is 6.22. The third-order valence-corrected chi connectivity index (χ3v) is 5.46. The molecule has 21 heavy (non-hydrogen) atoms. The SMILES string of the molecule is CS(=O)(=O)c1ccc(N2CCN(CC3CC3)CC2)c(N)c1. The summed E-state index contributed by atoms with van der Waals surface area (Å²) < 4.78 is 23.1. The maximum absolute atomic E-state index is 11.5. The first kappa shape index (κ1) is 14.7. The van der Waals surface area contributed by atoms with Crippen molar-refractivity contribution in [3.63, 3.8) is 0 Å². The van der Waals surface area contributed by atoms with Crippen LogP contribution in [0.4, 0.5) is 11.4 Å². The molecule has 0 unspecified atom stereocenters. The Morgan fingerprint density at radius 1 is 1.19 bits per heavy atom. The number of nitrogen functional groups attached to an aromatic ring is 1. The number of nitrogens with zero attached hydrogens (tertiary/aromatic N) is 2. The number of anilines is 2. The highest BCUT2D eigenvalue weighted by Crippen LogP contribution is 2.31. The van der Waals surface area contributed by atoms with Crippen molar-refractivity contribution in [2.75, 3.05) is 49.6 Å². The first-order valence-corrected chi connectivity index (χ1v) is 9.39. The van der Waals surface area contributed by atoms with Gasteiger partial charge >= 0.3 is 0 Å². The molecule has 2 fully saturated rings. The van der Waals surface area contributed by atoms with E-state index in [1.165, 1.54) is 25.6 Å². The minimum absolute atomic E-state index is 0.288. The van der Waals surface area contributed by atoms with Crippen molar-refractivity contribution in [1.82, 2.24) is 4.90 Å². The summed E-state index contributed by atoms with van der Waals surface area (Å²) in [6.45, 7) is 5.26.